The molecule has 9 heteroatoms. The minimum absolute atomic E-state index is 0.0346. The van der Waals surface area contributed by atoms with E-state index in [1.807, 2.05) is 9.80 Å². The fourth-order valence-corrected chi connectivity index (χ4v) is 2.89. The van der Waals surface area contributed by atoms with Gasteiger partial charge in [-0.1, -0.05) is 6.07 Å². The van der Waals surface area contributed by atoms with Gasteiger partial charge in [0.05, 0.1) is 5.56 Å². The number of guanidine groups is 1. The first-order valence-corrected chi connectivity index (χ1v) is 8.80. The summed E-state index contributed by atoms with van der Waals surface area (Å²) >= 11 is 0. The zero-order valence-electron chi connectivity index (χ0n) is 15.9. The molecular weight excluding hydrogens is 359 g/mol. The van der Waals surface area contributed by atoms with E-state index < -0.39 is 11.7 Å². The van der Waals surface area contributed by atoms with Crippen molar-refractivity contribution in [3.8, 4) is 0 Å². The number of carbonyl (C=O) groups excluding carboxylic acids is 1. The lowest BCUT2D eigenvalue weighted by Gasteiger charge is -2.37. The Labute approximate surface area is 157 Å². The molecule has 0 radical (unpaired) electrons. The van der Waals surface area contributed by atoms with Crippen LogP contribution in [0.4, 0.5) is 18.9 Å². The van der Waals surface area contributed by atoms with Gasteiger partial charge in [0.1, 0.15) is 0 Å². The number of alkyl halides is 3. The van der Waals surface area contributed by atoms with Gasteiger partial charge in [-0.05, 0) is 18.2 Å². The zero-order valence-corrected chi connectivity index (χ0v) is 15.9. The average molecular weight is 385 g/mol. The second-order valence-corrected chi connectivity index (χ2v) is 6.53. The van der Waals surface area contributed by atoms with Gasteiger partial charge in [0.15, 0.2) is 5.96 Å². The molecule has 1 aromatic carbocycles. The lowest BCUT2D eigenvalue weighted by molar-refractivity contribution is -0.137. The third-order valence-corrected chi connectivity index (χ3v) is 4.45. The number of piperazine rings is 1. The van der Waals surface area contributed by atoms with Crippen molar-refractivity contribution in [1.29, 1.82) is 0 Å². The van der Waals surface area contributed by atoms with Gasteiger partial charge in [0.25, 0.3) is 0 Å². The second kappa shape index (κ2) is 8.96. The Morgan fingerprint density at radius 3 is 2.44 bits per heavy atom. The van der Waals surface area contributed by atoms with Crippen molar-refractivity contribution < 1.29 is 18.0 Å². The summed E-state index contributed by atoms with van der Waals surface area (Å²) in [5, 5.41) is 3.17. The van der Waals surface area contributed by atoms with Crippen LogP contribution in [0.25, 0.3) is 0 Å². The molecule has 1 heterocycles. The van der Waals surface area contributed by atoms with Crippen LogP contribution >= 0.6 is 0 Å². The van der Waals surface area contributed by atoms with Crippen molar-refractivity contribution in [3.63, 3.8) is 0 Å². The van der Waals surface area contributed by atoms with Gasteiger partial charge in [-0.15, -0.1) is 0 Å². The fraction of sp³-hybridized carbons (Fsp3) is 0.556. The van der Waals surface area contributed by atoms with Crippen LogP contribution in [0.5, 0.6) is 0 Å². The van der Waals surface area contributed by atoms with Gasteiger partial charge < -0.3 is 20.0 Å². The van der Waals surface area contributed by atoms with E-state index in [1.165, 1.54) is 17.0 Å². The van der Waals surface area contributed by atoms with E-state index in [0.29, 0.717) is 50.8 Å². The Morgan fingerprint density at radius 1 is 1.22 bits per heavy atom. The number of amides is 1. The van der Waals surface area contributed by atoms with E-state index in [2.05, 4.69) is 10.3 Å². The van der Waals surface area contributed by atoms with Gasteiger partial charge >= 0.3 is 6.18 Å². The highest BCUT2D eigenvalue weighted by atomic mass is 19.4. The molecule has 1 saturated heterocycles. The number of anilines is 1. The number of nitrogens with zero attached hydrogens (tertiary/aromatic N) is 4. The summed E-state index contributed by atoms with van der Waals surface area (Å²) in [6, 6.07) is 5.41. The third kappa shape index (κ3) is 5.77. The Bertz CT molecular complexity index is 667. The predicted molar refractivity (Wildman–Crippen MR) is 99.9 cm³/mol. The molecule has 6 nitrogen and oxygen atoms in total. The first-order chi connectivity index (χ1) is 12.7. The van der Waals surface area contributed by atoms with Crippen molar-refractivity contribution in [2.75, 3.05) is 58.8 Å². The minimum atomic E-state index is -4.34. The van der Waals surface area contributed by atoms with E-state index in [9.17, 15) is 18.0 Å². The van der Waals surface area contributed by atoms with Crippen LogP contribution in [0.1, 0.15) is 12.0 Å². The number of aliphatic imine (C=N–C) groups is 1. The number of hydrogen-bond donors (Lipinski definition) is 1. The van der Waals surface area contributed by atoms with Gasteiger partial charge in [0, 0.05) is 66.0 Å². The molecule has 1 N–H and O–H groups in total. The van der Waals surface area contributed by atoms with Crippen LogP contribution in [0.15, 0.2) is 29.3 Å². The smallest absolute Gasteiger partial charge is 0.368 e. The first-order valence-electron chi connectivity index (χ1n) is 8.80. The molecule has 0 spiro atoms. The Hall–Kier alpha value is -2.45. The highest BCUT2D eigenvalue weighted by molar-refractivity contribution is 5.81. The molecular formula is C18H26F3N5O. The Morgan fingerprint density at radius 2 is 1.89 bits per heavy atom. The number of nitrogens with one attached hydrogen (secondary N) is 1. The predicted octanol–water partition coefficient (Wildman–Crippen LogP) is 1.88. The van der Waals surface area contributed by atoms with Crippen LogP contribution in [0.3, 0.4) is 0 Å². The second-order valence-electron chi connectivity index (χ2n) is 6.53. The van der Waals surface area contributed by atoms with Gasteiger partial charge in [-0.3, -0.25) is 9.79 Å². The molecule has 1 aliphatic heterocycles. The summed E-state index contributed by atoms with van der Waals surface area (Å²) < 4.78 is 38.7. The maximum Gasteiger partial charge on any atom is 0.416 e. The van der Waals surface area contributed by atoms with Crippen molar-refractivity contribution >= 4 is 17.6 Å². The molecule has 1 amide bonds. The standard InChI is InChI=1S/C18H26F3N5O/c1-22-17(23-8-7-16(27)24(2)3)26-11-9-25(10-12-26)15-6-4-5-14(13-15)18(19,20)21/h4-6,13H,7-12H2,1-3H3,(H,22,23). The van der Waals surface area contributed by atoms with Crippen LogP contribution in [0.2, 0.25) is 0 Å². The number of carbonyl (C=O) groups is 1. The molecule has 0 aromatic heterocycles. The van der Waals surface area contributed by atoms with E-state index in [0.717, 1.165) is 6.07 Å². The van der Waals surface area contributed by atoms with Crippen LogP contribution in [0, 0.1) is 0 Å². The first kappa shape index (κ1) is 20.9. The van der Waals surface area contributed by atoms with Crippen molar-refractivity contribution in [2.45, 2.75) is 12.6 Å². The van der Waals surface area contributed by atoms with Crippen molar-refractivity contribution in [1.82, 2.24) is 15.1 Å². The fourth-order valence-electron chi connectivity index (χ4n) is 2.89. The van der Waals surface area contributed by atoms with Crippen LogP contribution in [-0.2, 0) is 11.0 Å². The molecule has 27 heavy (non-hydrogen) atoms. The molecule has 0 unspecified atom stereocenters. The maximum atomic E-state index is 12.9. The molecule has 0 saturated carbocycles. The summed E-state index contributed by atoms with van der Waals surface area (Å²) in [7, 11) is 5.10. The minimum Gasteiger partial charge on any atom is -0.368 e. The van der Waals surface area contributed by atoms with Crippen LogP contribution < -0.4 is 10.2 Å². The molecule has 0 atom stereocenters. The van der Waals surface area contributed by atoms with E-state index >= 15 is 0 Å². The van der Waals surface area contributed by atoms with Crippen molar-refractivity contribution in [3.05, 3.63) is 29.8 Å². The van der Waals surface area contributed by atoms with Gasteiger partial charge in [-0.2, -0.15) is 13.2 Å². The summed E-state index contributed by atoms with van der Waals surface area (Å²) in [4.78, 5) is 21.4. The number of benzene rings is 1. The SMILES string of the molecule is CN=C(NCCC(=O)N(C)C)N1CCN(c2cccc(C(F)(F)F)c2)CC1. The van der Waals surface area contributed by atoms with Gasteiger partial charge in [0.2, 0.25) is 5.91 Å². The molecule has 1 fully saturated rings. The average Bonchev–Trinajstić information content (AvgIpc) is 2.64. The van der Waals surface area contributed by atoms with E-state index in [4.69, 9.17) is 0 Å². The normalized spacial score (nSPS) is 15.7. The van der Waals surface area contributed by atoms with Gasteiger partial charge in [-0.25, -0.2) is 0 Å². The highest BCUT2D eigenvalue weighted by Crippen LogP contribution is 2.31. The number of halogens is 3. The maximum absolute atomic E-state index is 12.9. The van der Waals surface area contributed by atoms with E-state index in [-0.39, 0.29) is 5.91 Å². The Kier molecular flexibility index (Phi) is 6.92. The summed E-state index contributed by atoms with van der Waals surface area (Å²) in [6.07, 6.45) is -3.97. The molecule has 150 valence electrons. The third-order valence-electron chi connectivity index (χ3n) is 4.45. The molecule has 2 rings (SSSR count). The monoisotopic (exact) mass is 385 g/mol. The molecule has 0 bridgehead atoms. The van der Waals surface area contributed by atoms with E-state index in [1.54, 1.807) is 27.2 Å². The summed E-state index contributed by atoms with van der Waals surface area (Å²) in [5.74, 6) is 0.734. The number of hydrogen-bond acceptors (Lipinski definition) is 3. The lowest BCUT2D eigenvalue weighted by Crippen LogP contribution is -2.52. The number of rotatable bonds is 4. The molecule has 0 aliphatic carbocycles. The topological polar surface area (TPSA) is 51.2 Å². The zero-order chi connectivity index (χ0) is 20.0. The Balaban J connectivity index is 1.89. The van der Waals surface area contributed by atoms with Crippen molar-refractivity contribution in [2.24, 2.45) is 4.99 Å². The lowest BCUT2D eigenvalue weighted by atomic mass is 10.1. The largest absolute Gasteiger partial charge is 0.416 e. The van der Waals surface area contributed by atoms with Crippen LogP contribution in [-0.4, -0.2) is 75.5 Å². The quantitative estimate of drug-likeness (QED) is 0.635. The highest BCUT2D eigenvalue weighted by Gasteiger charge is 2.31. The molecule has 1 aromatic rings. The summed E-state index contributed by atoms with van der Waals surface area (Å²) in [5.41, 5.74) is -0.0607. The summed E-state index contributed by atoms with van der Waals surface area (Å²) in [6.45, 7) is 2.95. The molecule has 1 aliphatic rings.